The maximum atomic E-state index is 10.5. The SMILES string of the molecule is O=C(O)Cn1nnnc1C1CCSC1. The first-order valence-corrected chi connectivity index (χ1v) is 5.48. The van der Waals surface area contributed by atoms with E-state index in [-0.39, 0.29) is 6.54 Å². The summed E-state index contributed by atoms with van der Waals surface area (Å²) in [5, 5.41) is 19.7. The fourth-order valence-electron chi connectivity index (χ4n) is 1.48. The highest BCUT2D eigenvalue weighted by atomic mass is 32.2. The zero-order valence-corrected chi connectivity index (χ0v) is 8.27. The molecular formula is C7H10N4O2S. The van der Waals surface area contributed by atoms with Gasteiger partial charge in [0.25, 0.3) is 0 Å². The molecule has 1 N–H and O–H groups in total. The van der Waals surface area contributed by atoms with Crippen molar-refractivity contribution in [2.45, 2.75) is 18.9 Å². The molecule has 2 heterocycles. The van der Waals surface area contributed by atoms with E-state index in [1.807, 2.05) is 11.8 Å². The van der Waals surface area contributed by atoms with Gasteiger partial charge in [0.05, 0.1) is 0 Å². The molecule has 0 aromatic carbocycles. The number of rotatable bonds is 3. The highest BCUT2D eigenvalue weighted by molar-refractivity contribution is 7.99. The quantitative estimate of drug-likeness (QED) is 0.761. The zero-order valence-electron chi connectivity index (χ0n) is 7.46. The van der Waals surface area contributed by atoms with Crippen molar-refractivity contribution in [1.82, 2.24) is 20.2 Å². The standard InChI is InChI=1S/C7H10N4O2S/c12-6(13)3-11-7(8-9-10-11)5-1-2-14-4-5/h5H,1-4H2,(H,12,13). The van der Waals surface area contributed by atoms with Gasteiger partial charge in [-0.05, 0) is 22.6 Å². The molecule has 0 amide bonds. The van der Waals surface area contributed by atoms with Gasteiger partial charge in [-0.2, -0.15) is 11.8 Å². The van der Waals surface area contributed by atoms with Crippen LogP contribution in [0.25, 0.3) is 0 Å². The van der Waals surface area contributed by atoms with E-state index in [1.165, 1.54) is 4.68 Å². The monoisotopic (exact) mass is 214 g/mol. The number of carboxylic acid groups (broad SMARTS) is 1. The minimum absolute atomic E-state index is 0.149. The van der Waals surface area contributed by atoms with Gasteiger partial charge in [-0.25, -0.2) is 4.68 Å². The molecule has 0 bridgehead atoms. The van der Waals surface area contributed by atoms with Crippen molar-refractivity contribution >= 4 is 17.7 Å². The highest BCUT2D eigenvalue weighted by Gasteiger charge is 2.24. The second-order valence-electron chi connectivity index (χ2n) is 3.15. The lowest BCUT2D eigenvalue weighted by atomic mass is 10.1. The van der Waals surface area contributed by atoms with Crippen LogP contribution in [0.2, 0.25) is 0 Å². The normalized spacial score (nSPS) is 21.3. The van der Waals surface area contributed by atoms with Crippen molar-refractivity contribution in [1.29, 1.82) is 0 Å². The molecule has 1 fully saturated rings. The number of thioether (sulfide) groups is 1. The first kappa shape index (κ1) is 9.45. The Bertz CT molecular complexity index is 334. The Balaban J connectivity index is 2.15. The summed E-state index contributed by atoms with van der Waals surface area (Å²) in [5.41, 5.74) is 0. The Morgan fingerprint density at radius 1 is 1.71 bits per heavy atom. The summed E-state index contributed by atoms with van der Waals surface area (Å²) < 4.78 is 1.37. The molecule has 1 saturated heterocycles. The minimum atomic E-state index is -0.913. The number of hydrogen-bond donors (Lipinski definition) is 1. The van der Waals surface area contributed by atoms with Crippen molar-refractivity contribution in [2.24, 2.45) is 0 Å². The fraction of sp³-hybridized carbons (Fsp3) is 0.714. The molecule has 0 spiro atoms. The van der Waals surface area contributed by atoms with E-state index in [0.29, 0.717) is 11.7 Å². The third kappa shape index (κ3) is 1.87. The number of aliphatic carboxylic acids is 1. The second kappa shape index (κ2) is 3.95. The highest BCUT2D eigenvalue weighted by Crippen LogP contribution is 2.30. The third-order valence-electron chi connectivity index (χ3n) is 2.14. The molecule has 0 saturated carbocycles. The van der Waals surface area contributed by atoms with Gasteiger partial charge in [0.15, 0.2) is 5.82 Å². The Labute approximate surface area is 84.7 Å². The average molecular weight is 214 g/mol. The van der Waals surface area contributed by atoms with Crippen LogP contribution in [-0.2, 0) is 11.3 Å². The van der Waals surface area contributed by atoms with E-state index in [9.17, 15) is 4.79 Å². The minimum Gasteiger partial charge on any atom is -0.480 e. The fourth-order valence-corrected chi connectivity index (χ4v) is 2.70. The van der Waals surface area contributed by atoms with E-state index in [4.69, 9.17) is 5.11 Å². The Morgan fingerprint density at radius 2 is 2.57 bits per heavy atom. The largest absolute Gasteiger partial charge is 0.480 e. The summed E-state index contributed by atoms with van der Waals surface area (Å²) in [6.07, 6.45) is 1.03. The molecule has 7 heteroatoms. The lowest BCUT2D eigenvalue weighted by Gasteiger charge is -2.06. The van der Waals surface area contributed by atoms with Gasteiger partial charge in [0.1, 0.15) is 6.54 Å². The molecule has 1 atom stereocenters. The van der Waals surface area contributed by atoms with Crippen LogP contribution in [0.5, 0.6) is 0 Å². The number of carboxylic acids is 1. The van der Waals surface area contributed by atoms with Crippen molar-refractivity contribution in [3.63, 3.8) is 0 Å². The molecule has 6 nitrogen and oxygen atoms in total. The molecule has 1 unspecified atom stereocenters. The number of nitrogens with zero attached hydrogens (tertiary/aromatic N) is 4. The van der Waals surface area contributed by atoms with Crippen LogP contribution in [-0.4, -0.2) is 42.8 Å². The maximum Gasteiger partial charge on any atom is 0.325 e. The van der Waals surface area contributed by atoms with Crippen LogP contribution in [0.4, 0.5) is 0 Å². The van der Waals surface area contributed by atoms with Gasteiger partial charge >= 0.3 is 5.97 Å². The molecule has 1 aromatic heterocycles. The molecule has 2 rings (SSSR count). The zero-order chi connectivity index (χ0) is 9.97. The maximum absolute atomic E-state index is 10.5. The Morgan fingerprint density at radius 3 is 3.21 bits per heavy atom. The van der Waals surface area contributed by atoms with Crippen LogP contribution < -0.4 is 0 Å². The summed E-state index contributed by atoms with van der Waals surface area (Å²) in [6.45, 7) is -0.149. The summed E-state index contributed by atoms with van der Waals surface area (Å²) >= 11 is 1.85. The molecular weight excluding hydrogens is 204 g/mol. The van der Waals surface area contributed by atoms with Gasteiger partial charge in [0.2, 0.25) is 0 Å². The van der Waals surface area contributed by atoms with Gasteiger partial charge in [0, 0.05) is 11.7 Å². The smallest absolute Gasteiger partial charge is 0.325 e. The molecule has 0 aliphatic carbocycles. The first-order valence-electron chi connectivity index (χ1n) is 4.33. The summed E-state index contributed by atoms with van der Waals surface area (Å²) in [6, 6.07) is 0. The predicted molar refractivity (Wildman–Crippen MR) is 50.1 cm³/mol. The van der Waals surface area contributed by atoms with E-state index in [1.54, 1.807) is 0 Å². The van der Waals surface area contributed by atoms with Crippen LogP contribution in [0.3, 0.4) is 0 Å². The van der Waals surface area contributed by atoms with E-state index in [0.717, 1.165) is 17.9 Å². The number of carbonyl (C=O) groups is 1. The van der Waals surface area contributed by atoms with E-state index < -0.39 is 5.97 Å². The Kier molecular flexibility index (Phi) is 2.67. The van der Waals surface area contributed by atoms with Gasteiger partial charge < -0.3 is 5.11 Å². The summed E-state index contributed by atoms with van der Waals surface area (Å²) in [7, 11) is 0. The summed E-state index contributed by atoms with van der Waals surface area (Å²) in [4.78, 5) is 10.5. The van der Waals surface area contributed by atoms with Crippen molar-refractivity contribution in [3.8, 4) is 0 Å². The van der Waals surface area contributed by atoms with Crippen molar-refractivity contribution in [2.75, 3.05) is 11.5 Å². The summed E-state index contributed by atoms with van der Waals surface area (Å²) in [5.74, 6) is 2.20. The molecule has 0 radical (unpaired) electrons. The average Bonchev–Trinajstić information content (AvgIpc) is 2.70. The van der Waals surface area contributed by atoms with Gasteiger partial charge in [-0.3, -0.25) is 4.79 Å². The lowest BCUT2D eigenvalue weighted by molar-refractivity contribution is -0.138. The Hall–Kier alpha value is -1.11. The number of tetrazole rings is 1. The second-order valence-corrected chi connectivity index (χ2v) is 4.30. The molecule has 76 valence electrons. The number of aromatic nitrogens is 4. The molecule has 14 heavy (non-hydrogen) atoms. The van der Waals surface area contributed by atoms with Gasteiger partial charge in [-0.1, -0.05) is 0 Å². The van der Waals surface area contributed by atoms with Crippen molar-refractivity contribution in [3.05, 3.63) is 5.82 Å². The van der Waals surface area contributed by atoms with E-state index >= 15 is 0 Å². The first-order chi connectivity index (χ1) is 6.77. The molecule has 1 aliphatic rings. The van der Waals surface area contributed by atoms with E-state index in [2.05, 4.69) is 15.5 Å². The predicted octanol–water partition coefficient (Wildman–Crippen LogP) is -0.0218. The van der Waals surface area contributed by atoms with Gasteiger partial charge in [-0.15, -0.1) is 5.10 Å². The topological polar surface area (TPSA) is 80.9 Å². The number of hydrogen-bond acceptors (Lipinski definition) is 5. The van der Waals surface area contributed by atoms with Crippen LogP contribution >= 0.6 is 11.8 Å². The van der Waals surface area contributed by atoms with Crippen LogP contribution in [0.1, 0.15) is 18.2 Å². The van der Waals surface area contributed by atoms with Crippen LogP contribution in [0.15, 0.2) is 0 Å². The van der Waals surface area contributed by atoms with Crippen molar-refractivity contribution < 1.29 is 9.90 Å². The molecule has 1 aliphatic heterocycles. The lowest BCUT2D eigenvalue weighted by Crippen LogP contribution is -2.15. The third-order valence-corrected chi connectivity index (χ3v) is 3.30. The van der Waals surface area contributed by atoms with Crippen LogP contribution in [0, 0.1) is 0 Å². The molecule has 1 aromatic rings.